The van der Waals surface area contributed by atoms with Gasteiger partial charge < -0.3 is 28.8 Å². The quantitative estimate of drug-likeness (QED) is 0.519. The van der Waals surface area contributed by atoms with Crippen LogP contribution in [0.3, 0.4) is 0 Å². The minimum absolute atomic E-state index is 0.0385. The Kier molecular flexibility index (Phi) is 6.11. The van der Waals surface area contributed by atoms with Crippen LogP contribution in [0.1, 0.15) is 13.8 Å². The molecule has 0 radical (unpaired) electrons. The first-order chi connectivity index (χ1) is 12.4. The molecule has 0 amide bonds. The number of nitrogens with two attached hydrogens (primary N) is 1. The zero-order valence-corrected chi connectivity index (χ0v) is 16.2. The van der Waals surface area contributed by atoms with E-state index in [0.29, 0.717) is 24.3 Å². The molecule has 0 unspecified atom stereocenters. The van der Waals surface area contributed by atoms with E-state index in [4.69, 9.17) is 35.9 Å². The number of halogens is 1. The molecule has 2 aromatic heterocycles. The van der Waals surface area contributed by atoms with Crippen LogP contribution in [-0.4, -0.2) is 57.9 Å². The van der Waals surface area contributed by atoms with Crippen molar-refractivity contribution in [2.24, 2.45) is 0 Å². The van der Waals surface area contributed by atoms with Crippen LogP contribution in [0.2, 0.25) is 5.15 Å². The number of fused-ring (bicyclic) bond motifs is 1. The number of nitrogens with zero attached hydrogens (tertiary/aromatic N) is 4. The number of aromatic nitrogens is 4. The molecule has 12 heteroatoms. The molecule has 26 heavy (non-hydrogen) atoms. The van der Waals surface area contributed by atoms with Gasteiger partial charge in [0.25, 0.3) is 0 Å². The second-order valence-electron chi connectivity index (χ2n) is 5.59. The van der Waals surface area contributed by atoms with Crippen molar-refractivity contribution in [2.75, 3.05) is 31.7 Å². The summed E-state index contributed by atoms with van der Waals surface area (Å²) >= 11 is 6.03. The molecule has 1 aliphatic heterocycles. The van der Waals surface area contributed by atoms with Gasteiger partial charge in [-0.1, -0.05) is 11.6 Å². The van der Waals surface area contributed by atoms with E-state index in [9.17, 15) is 4.57 Å². The van der Waals surface area contributed by atoms with Crippen LogP contribution in [0.25, 0.3) is 11.2 Å². The third-order valence-electron chi connectivity index (χ3n) is 3.68. The summed E-state index contributed by atoms with van der Waals surface area (Å²) in [5, 5.41) is 0.196. The minimum atomic E-state index is -3.24. The molecule has 1 fully saturated rings. The fourth-order valence-electron chi connectivity index (χ4n) is 2.70. The van der Waals surface area contributed by atoms with Crippen LogP contribution in [0.15, 0.2) is 6.33 Å². The molecule has 2 atom stereocenters. The lowest BCUT2D eigenvalue weighted by molar-refractivity contribution is -0.0454. The Bertz CT molecular complexity index is 808. The third-order valence-corrected chi connectivity index (χ3v) is 5.99. The molecule has 0 aliphatic carbocycles. The molecule has 10 nitrogen and oxygen atoms in total. The first kappa shape index (κ1) is 19.5. The lowest BCUT2D eigenvalue weighted by Gasteiger charge is -2.20. The highest BCUT2D eigenvalue weighted by molar-refractivity contribution is 7.53. The molecule has 2 N–H and O–H groups in total. The molecule has 3 heterocycles. The van der Waals surface area contributed by atoms with Gasteiger partial charge in [0.15, 0.2) is 17.1 Å². The van der Waals surface area contributed by atoms with Gasteiger partial charge in [0, 0.05) is 0 Å². The van der Waals surface area contributed by atoms with E-state index in [1.54, 1.807) is 24.7 Å². The Labute approximate surface area is 155 Å². The average molecular weight is 406 g/mol. The van der Waals surface area contributed by atoms with Gasteiger partial charge in [0.05, 0.1) is 32.7 Å². The summed E-state index contributed by atoms with van der Waals surface area (Å²) in [5.41, 5.74) is 6.63. The first-order valence-corrected chi connectivity index (χ1v) is 10.3. The van der Waals surface area contributed by atoms with Gasteiger partial charge in [-0.25, -0.2) is 4.98 Å². The molecule has 144 valence electrons. The summed E-state index contributed by atoms with van der Waals surface area (Å²) in [5.74, 6) is 0.0695. The van der Waals surface area contributed by atoms with Crippen molar-refractivity contribution in [3.63, 3.8) is 0 Å². The fourth-order valence-corrected chi connectivity index (χ4v) is 4.55. The maximum Gasteiger partial charge on any atom is 0.335 e. The lowest BCUT2D eigenvalue weighted by Crippen LogP contribution is -2.21. The van der Waals surface area contributed by atoms with Crippen molar-refractivity contribution in [1.82, 2.24) is 19.5 Å². The summed E-state index contributed by atoms with van der Waals surface area (Å²) in [6.07, 6.45) is 0.690. The van der Waals surface area contributed by atoms with Crippen LogP contribution in [-0.2, 0) is 29.6 Å². The topological polar surface area (TPSA) is 124 Å². The third kappa shape index (κ3) is 4.33. The highest BCUT2D eigenvalue weighted by atomic mass is 35.5. The van der Waals surface area contributed by atoms with Crippen molar-refractivity contribution in [1.29, 1.82) is 0 Å². The van der Waals surface area contributed by atoms with Gasteiger partial charge in [0.2, 0.25) is 5.95 Å². The van der Waals surface area contributed by atoms with Crippen LogP contribution in [0.5, 0.6) is 0 Å². The zero-order chi connectivity index (χ0) is 18.7. The van der Waals surface area contributed by atoms with Crippen molar-refractivity contribution >= 4 is 36.3 Å². The summed E-state index contributed by atoms with van der Waals surface area (Å²) in [7, 11) is -3.24. The summed E-state index contributed by atoms with van der Waals surface area (Å²) in [6.45, 7) is 4.85. The number of hydrogen-bond acceptors (Lipinski definition) is 9. The molecule has 0 bridgehead atoms. The lowest BCUT2D eigenvalue weighted by atomic mass is 10.4. The minimum Gasteiger partial charge on any atom is -0.368 e. The molecule has 0 aromatic carbocycles. The second kappa shape index (κ2) is 8.16. The summed E-state index contributed by atoms with van der Waals surface area (Å²) in [6, 6.07) is 0. The fraction of sp³-hybridized carbons (Fsp3) is 0.643. The highest BCUT2D eigenvalue weighted by Gasteiger charge is 2.35. The molecule has 1 aliphatic rings. The Morgan fingerprint density at radius 3 is 2.81 bits per heavy atom. The highest BCUT2D eigenvalue weighted by Crippen LogP contribution is 2.49. The van der Waals surface area contributed by atoms with E-state index >= 15 is 0 Å². The molecule has 0 saturated carbocycles. The SMILES string of the molecule is CCOP(=O)(C[C@H]1OC[C@H](Cn2cnc3c(Cl)nc(N)nc32)O1)OCC. The summed E-state index contributed by atoms with van der Waals surface area (Å²) in [4.78, 5) is 12.2. The Morgan fingerprint density at radius 2 is 2.12 bits per heavy atom. The molecule has 3 rings (SSSR count). The smallest absolute Gasteiger partial charge is 0.335 e. The number of rotatable bonds is 8. The van der Waals surface area contributed by atoms with Gasteiger partial charge in [0.1, 0.15) is 17.8 Å². The van der Waals surface area contributed by atoms with E-state index in [-0.39, 0.29) is 36.6 Å². The van der Waals surface area contributed by atoms with E-state index in [2.05, 4.69) is 15.0 Å². The molecule has 2 aromatic rings. The largest absolute Gasteiger partial charge is 0.368 e. The first-order valence-electron chi connectivity index (χ1n) is 8.23. The molecular formula is C14H21ClN5O5P. The maximum atomic E-state index is 12.6. The molecule has 0 spiro atoms. The van der Waals surface area contributed by atoms with Crippen molar-refractivity contribution in [3.05, 3.63) is 11.5 Å². The van der Waals surface area contributed by atoms with E-state index in [1.165, 1.54) is 0 Å². The number of hydrogen-bond donors (Lipinski definition) is 1. The average Bonchev–Trinajstić information content (AvgIpc) is 3.15. The number of anilines is 1. The Hall–Kier alpha value is -1.29. The van der Waals surface area contributed by atoms with Crippen molar-refractivity contribution in [2.45, 2.75) is 32.8 Å². The van der Waals surface area contributed by atoms with Crippen molar-refractivity contribution in [3.8, 4) is 0 Å². The zero-order valence-electron chi connectivity index (χ0n) is 14.5. The number of nitrogen functional groups attached to an aromatic ring is 1. The maximum absolute atomic E-state index is 12.6. The molecule has 1 saturated heterocycles. The van der Waals surface area contributed by atoms with E-state index in [1.807, 2.05) is 0 Å². The van der Waals surface area contributed by atoms with Gasteiger partial charge in [-0.15, -0.1) is 0 Å². The van der Waals surface area contributed by atoms with Crippen LogP contribution in [0.4, 0.5) is 5.95 Å². The van der Waals surface area contributed by atoms with Crippen LogP contribution >= 0.6 is 19.2 Å². The van der Waals surface area contributed by atoms with E-state index < -0.39 is 13.9 Å². The Morgan fingerprint density at radius 1 is 1.38 bits per heavy atom. The molecular weight excluding hydrogens is 385 g/mol. The predicted octanol–water partition coefficient (Wildman–Crippen LogP) is 2.07. The van der Waals surface area contributed by atoms with Gasteiger partial charge in [-0.2, -0.15) is 9.97 Å². The monoisotopic (exact) mass is 405 g/mol. The number of ether oxygens (including phenoxy) is 2. The second-order valence-corrected chi connectivity index (χ2v) is 8.05. The normalized spacial score (nSPS) is 20.9. The van der Waals surface area contributed by atoms with Gasteiger partial charge >= 0.3 is 7.60 Å². The predicted molar refractivity (Wildman–Crippen MR) is 95.1 cm³/mol. The standard InChI is InChI=1S/C14H21ClN5O5P/c1-3-23-26(21,24-4-2)7-10-22-6-9(25-10)5-20-8-17-11-12(15)18-14(16)19-13(11)20/h8-10H,3-7H2,1-2H3,(H2,16,18,19)/t9-,10-/m0/s1. The van der Waals surface area contributed by atoms with E-state index in [0.717, 1.165) is 0 Å². The van der Waals surface area contributed by atoms with Crippen LogP contribution < -0.4 is 5.73 Å². The summed E-state index contributed by atoms with van der Waals surface area (Å²) < 4.78 is 36.3. The van der Waals surface area contributed by atoms with Crippen LogP contribution in [0, 0.1) is 0 Å². The van der Waals surface area contributed by atoms with Gasteiger partial charge in [-0.05, 0) is 13.8 Å². The van der Waals surface area contributed by atoms with Gasteiger partial charge in [-0.3, -0.25) is 4.57 Å². The Balaban J connectivity index is 1.66. The number of imidazole rings is 1. The van der Waals surface area contributed by atoms with Crippen molar-refractivity contribution < 1.29 is 23.1 Å².